The minimum Gasteiger partial charge on any atom is -0.355 e. The van der Waals surface area contributed by atoms with Crippen molar-refractivity contribution in [3.63, 3.8) is 0 Å². The van der Waals surface area contributed by atoms with E-state index >= 15 is 0 Å². The van der Waals surface area contributed by atoms with Gasteiger partial charge in [0, 0.05) is 23.7 Å². The molecule has 202 valence electrons. The first kappa shape index (κ1) is 29.1. The second-order valence-electron chi connectivity index (χ2n) is 8.92. The van der Waals surface area contributed by atoms with Crippen LogP contribution in [0.25, 0.3) is 0 Å². The van der Waals surface area contributed by atoms with E-state index in [0.717, 1.165) is 15.4 Å². The van der Waals surface area contributed by atoms with E-state index in [1.165, 1.54) is 54.3 Å². The molecule has 0 bridgehead atoms. The molecule has 0 saturated carbocycles. The van der Waals surface area contributed by atoms with E-state index in [2.05, 4.69) is 5.32 Å². The molecule has 0 spiro atoms. The number of amides is 2. The van der Waals surface area contributed by atoms with Crippen LogP contribution in [0.1, 0.15) is 30.5 Å². The lowest BCUT2D eigenvalue weighted by Gasteiger charge is -2.32. The van der Waals surface area contributed by atoms with Gasteiger partial charge in [-0.1, -0.05) is 35.9 Å². The van der Waals surface area contributed by atoms with Crippen LogP contribution in [0.15, 0.2) is 71.6 Å². The zero-order chi connectivity index (χ0) is 28.0. The lowest BCUT2D eigenvalue weighted by Crippen LogP contribution is -2.51. The quantitative estimate of drug-likeness (QED) is 0.385. The Kier molecular flexibility index (Phi) is 9.51. The van der Waals surface area contributed by atoms with Gasteiger partial charge in [0.25, 0.3) is 10.0 Å². The number of hydrogen-bond donors (Lipinski definition) is 1. The number of halogens is 2. The molecule has 10 heteroatoms. The minimum atomic E-state index is -4.21. The third-order valence-corrected chi connectivity index (χ3v) is 8.32. The SMILES string of the molecule is CCNC(=O)[C@H](C)N(Cc1ccccc1F)C(=O)CN(c1ccc(C)c(C)c1)S(=O)(=O)c1ccc(Cl)cc1. The summed E-state index contributed by atoms with van der Waals surface area (Å²) >= 11 is 5.96. The van der Waals surface area contributed by atoms with Crippen molar-refractivity contribution in [1.82, 2.24) is 10.2 Å². The first-order valence-electron chi connectivity index (χ1n) is 12.1. The molecule has 0 fully saturated rings. The second kappa shape index (κ2) is 12.4. The summed E-state index contributed by atoms with van der Waals surface area (Å²) in [6.07, 6.45) is 0. The first-order chi connectivity index (χ1) is 17.9. The number of aryl methyl sites for hydroxylation is 2. The lowest BCUT2D eigenvalue weighted by molar-refractivity contribution is -0.139. The molecule has 3 aromatic carbocycles. The van der Waals surface area contributed by atoms with Crippen LogP contribution in [0.5, 0.6) is 0 Å². The first-order valence-corrected chi connectivity index (χ1v) is 13.9. The Morgan fingerprint density at radius 2 is 1.66 bits per heavy atom. The Morgan fingerprint density at radius 1 is 1.00 bits per heavy atom. The van der Waals surface area contributed by atoms with E-state index in [4.69, 9.17) is 11.6 Å². The summed E-state index contributed by atoms with van der Waals surface area (Å²) in [6, 6.07) is 15.7. The van der Waals surface area contributed by atoms with E-state index in [0.29, 0.717) is 11.6 Å². The van der Waals surface area contributed by atoms with E-state index in [9.17, 15) is 22.4 Å². The van der Waals surface area contributed by atoms with E-state index in [-0.39, 0.29) is 22.7 Å². The molecule has 0 saturated heterocycles. The van der Waals surface area contributed by atoms with Gasteiger partial charge in [0.2, 0.25) is 11.8 Å². The molecule has 0 heterocycles. The summed E-state index contributed by atoms with van der Waals surface area (Å²) in [6.45, 7) is 6.52. The van der Waals surface area contributed by atoms with Crippen LogP contribution in [-0.4, -0.2) is 44.3 Å². The number of nitrogens with one attached hydrogen (secondary N) is 1. The van der Waals surface area contributed by atoms with Gasteiger partial charge >= 0.3 is 0 Å². The molecule has 1 atom stereocenters. The van der Waals surface area contributed by atoms with Gasteiger partial charge in [-0.25, -0.2) is 12.8 Å². The topological polar surface area (TPSA) is 86.8 Å². The Labute approximate surface area is 228 Å². The minimum absolute atomic E-state index is 0.0506. The van der Waals surface area contributed by atoms with Crippen molar-refractivity contribution >= 4 is 39.1 Å². The average Bonchev–Trinajstić information content (AvgIpc) is 2.88. The highest BCUT2D eigenvalue weighted by Gasteiger charge is 2.33. The number of benzene rings is 3. The third-order valence-electron chi connectivity index (χ3n) is 6.28. The largest absolute Gasteiger partial charge is 0.355 e. The number of nitrogens with zero attached hydrogens (tertiary/aromatic N) is 2. The number of sulfonamides is 1. The summed E-state index contributed by atoms with van der Waals surface area (Å²) < 4.78 is 43.1. The number of hydrogen-bond acceptors (Lipinski definition) is 4. The van der Waals surface area contributed by atoms with Crippen LogP contribution < -0.4 is 9.62 Å². The van der Waals surface area contributed by atoms with Crippen molar-refractivity contribution in [1.29, 1.82) is 0 Å². The van der Waals surface area contributed by atoms with Gasteiger partial charge < -0.3 is 10.2 Å². The summed E-state index contributed by atoms with van der Waals surface area (Å²) in [7, 11) is -4.21. The number of likely N-dealkylation sites (N-methyl/N-ethyl adjacent to an activating group) is 1. The van der Waals surface area contributed by atoms with E-state index in [1.54, 1.807) is 31.2 Å². The van der Waals surface area contributed by atoms with Crippen molar-refractivity contribution in [2.24, 2.45) is 0 Å². The molecule has 0 aliphatic rings. The van der Waals surface area contributed by atoms with E-state index < -0.39 is 40.2 Å². The molecule has 2 amide bonds. The Bertz CT molecular complexity index is 1410. The van der Waals surface area contributed by atoms with Crippen LogP contribution in [-0.2, 0) is 26.2 Å². The number of anilines is 1. The summed E-state index contributed by atoms with van der Waals surface area (Å²) in [4.78, 5) is 27.6. The zero-order valence-corrected chi connectivity index (χ0v) is 23.3. The molecule has 3 aromatic rings. The predicted molar refractivity (Wildman–Crippen MR) is 147 cm³/mol. The zero-order valence-electron chi connectivity index (χ0n) is 21.7. The van der Waals surface area contributed by atoms with Crippen molar-refractivity contribution in [2.75, 3.05) is 17.4 Å². The monoisotopic (exact) mass is 559 g/mol. The van der Waals surface area contributed by atoms with Crippen LogP contribution in [0.3, 0.4) is 0 Å². The van der Waals surface area contributed by atoms with Crippen LogP contribution in [0, 0.1) is 19.7 Å². The highest BCUT2D eigenvalue weighted by Crippen LogP contribution is 2.27. The molecule has 0 aliphatic heterocycles. The molecular formula is C28H31ClFN3O4S. The summed E-state index contributed by atoms with van der Waals surface area (Å²) in [5, 5.41) is 3.04. The molecule has 0 aliphatic carbocycles. The fraction of sp³-hybridized carbons (Fsp3) is 0.286. The van der Waals surface area contributed by atoms with Gasteiger partial charge in [0.1, 0.15) is 18.4 Å². The maximum Gasteiger partial charge on any atom is 0.264 e. The summed E-state index contributed by atoms with van der Waals surface area (Å²) in [5.74, 6) is -1.63. The van der Waals surface area contributed by atoms with Crippen molar-refractivity contribution in [3.05, 3.63) is 94.3 Å². The molecule has 0 unspecified atom stereocenters. The number of rotatable bonds is 10. The Hall–Kier alpha value is -3.43. The van der Waals surface area contributed by atoms with Gasteiger partial charge in [-0.05, 0) is 81.3 Å². The molecule has 1 N–H and O–H groups in total. The van der Waals surface area contributed by atoms with Crippen molar-refractivity contribution < 1.29 is 22.4 Å². The standard InChI is InChI=1S/C28H31ClFN3O4S/c1-5-31-28(35)21(4)32(17-22-8-6-7-9-26(22)30)27(34)18-33(24-13-10-19(2)20(3)16-24)38(36,37)25-14-11-23(29)12-15-25/h6-16,21H,5,17-18H2,1-4H3,(H,31,35)/t21-/m0/s1. The summed E-state index contributed by atoms with van der Waals surface area (Å²) in [5.41, 5.74) is 2.28. The molecule has 38 heavy (non-hydrogen) atoms. The number of carbonyl (C=O) groups excluding carboxylic acids is 2. The molecular weight excluding hydrogens is 529 g/mol. The van der Waals surface area contributed by atoms with Gasteiger partial charge in [-0.2, -0.15) is 0 Å². The molecule has 0 aromatic heterocycles. The lowest BCUT2D eigenvalue weighted by atomic mass is 10.1. The van der Waals surface area contributed by atoms with Crippen LogP contribution in [0.4, 0.5) is 10.1 Å². The van der Waals surface area contributed by atoms with Gasteiger partial charge in [-0.15, -0.1) is 0 Å². The van der Waals surface area contributed by atoms with Gasteiger partial charge in [0.15, 0.2) is 0 Å². The number of carbonyl (C=O) groups is 2. The predicted octanol–water partition coefficient (Wildman–Crippen LogP) is 4.84. The normalized spacial score (nSPS) is 12.1. The van der Waals surface area contributed by atoms with Crippen LogP contribution in [0.2, 0.25) is 5.02 Å². The van der Waals surface area contributed by atoms with Gasteiger partial charge in [-0.3, -0.25) is 13.9 Å². The fourth-order valence-electron chi connectivity index (χ4n) is 3.86. The van der Waals surface area contributed by atoms with Crippen molar-refractivity contribution in [3.8, 4) is 0 Å². The Balaban J connectivity index is 2.07. The fourth-order valence-corrected chi connectivity index (χ4v) is 5.39. The van der Waals surface area contributed by atoms with Gasteiger partial charge in [0.05, 0.1) is 10.6 Å². The van der Waals surface area contributed by atoms with Crippen LogP contribution >= 0.6 is 11.6 Å². The Morgan fingerprint density at radius 3 is 2.26 bits per heavy atom. The maximum atomic E-state index is 14.5. The molecule has 0 radical (unpaired) electrons. The smallest absolute Gasteiger partial charge is 0.264 e. The highest BCUT2D eigenvalue weighted by molar-refractivity contribution is 7.92. The maximum absolute atomic E-state index is 14.5. The van der Waals surface area contributed by atoms with E-state index in [1.807, 2.05) is 13.8 Å². The highest BCUT2D eigenvalue weighted by atomic mass is 35.5. The van der Waals surface area contributed by atoms with Crippen molar-refractivity contribution in [2.45, 2.75) is 45.2 Å². The average molecular weight is 560 g/mol. The molecule has 3 rings (SSSR count). The molecule has 7 nitrogen and oxygen atoms in total. The second-order valence-corrected chi connectivity index (χ2v) is 11.2. The third kappa shape index (κ3) is 6.71.